The number of thiazole rings is 1. The Labute approximate surface area is 131 Å². The number of nitrogens with zero attached hydrogens (tertiary/aromatic N) is 1. The Morgan fingerprint density at radius 1 is 1.29 bits per heavy atom. The van der Waals surface area contributed by atoms with Gasteiger partial charge >= 0.3 is 0 Å². The number of aryl methyl sites for hydroxylation is 2. The normalized spacial score (nSPS) is 12.4. The van der Waals surface area contributed by atoms with Crippen LogP contribution in [0.5, 0.6) is 5.75 Å². The van der Waals surface area contributed by atoms with Crippen molar-refractivity contribution in [3.63, 3.8) is 0 Å². The summed E-state index contributed by atoms with van der Waals surface area (Å²) < 4.78 is 5.48. The van der Waals surface area contributed by atoms with Crippen LogP contribution in [0.2, 0.25) is 0 Å². The molecule has 0 fully saturated rings. The van der Waals surface area contributed by atoms with Crippen LogP contribution < -0.4 is 10.1 Å². The lowest BCUT2D eigenvalue weighted by Gasteiger charge is -2.19. The SMILES string of the molecule is CCCNC(Cc1ccccc1OC)c1sc(C)nc1C. The third kappa shape index (κ3) is 4.05. The molecule has 0 saturated carbocycles. The van der Waals surface area contributed by atoms with Gasteiger partial charge in [-0.3, -0.25) is 0 Å². The molecule has 114 valence electrons. The van der Waals surface area contributed by atoms with Crippen molar-refractivity contribution >= 4 is 11.3 Å². The van der Waals surface area contributed by atoms with Gasteiger partial charge in [0.2, 0.25) is 0 Å². The van der Waals surface area contributed by atoms with E-state index in [1.807, 2.05) is 12.1 Å². The molecule has 0 radical (unpaired) electrons. The van der Waals surface area contributed by atoms with Gasteiger partial charge in [-0.05, 0) is 44.9 Å². The van der Waals surface area contributed by atoms with Crippen molar-refractivity contribution in [2.75, 3.05) is 13.7 Å². The summed E-state index contributed by atoms with van der Waals surface area (Å²) in [5, 5.41) is 4.78. The number of methoxy groups -OCH3 is 1. The summed E-state index contributed by atoms with van der Waals surface area (Å²) in [6, 6.07) is 8.55. The van der Waals surface area contributed by atoms with Gasteiger partial charge < -0.3 is 10.1 Å². The van der Waals surface area contributed by atoms with E-state index in [4.69, 9.17) is 4.74 Å². The number of aromatic nitrogens is 1. The molecule has 0 saturated heterocycles. The summed E-state index contributed by atoms with van der Waals surface area (Å²) in [7, 11) is 1.73. The molecule has 4 heteroatoms. The van der Waals surface area contributed by atoms with E-state index in [0.29, 0.717) is 6.04 Å². The van der Waals surface area contributed by atoms with Crippen LogP contribution in [0.4, 0.5) is 0 Å². The maximum Gasteiger partial charge on any atom is 0.122 e. The first-order valence-electron chi connectivity index (χ1n) is 7.44. The van der Waals surface area contributed by atoms with Crippen LogP contribution in [0, 0.1) is 13.8 Å². The monoisotopic (exact) mass is 304 g/mol. The summed E-state index contributed by atoms with van der Waals surface area (Å²) in [5.41, 5.74) is 2.38. The smallest absolute Gasteiger partial charge is 0.122 e. The molecule has 1 aromatic carbocycles. The number of hydrogen-bond donors (Lipinski definition) is 1. The molecule has 2 aromatic rings. The lowest BCUT2D eigenvalue weighted by Crippen LogP contribution is -2.24. The Morgan fingerprint density at radius 2 is 2.05 bits per heavy atom. The molecule has 1 aromatic heterocycles. The standard InChI is InChI=1S/C17H24N2OS/c1-5-10-18-15(17-12(2)19-13(3)21-17)11-14-8-6-7-9-16(14)20-4/h6-9,15,18H,5,10-11H2,1-4H3. The zero-order valence-electron chi connectivity index (χ0n) is 13.3. The molecule has 21 heavy (non-hydrogen) atoms. The van der Waals surface area contributed by atoms with Crippen molar-refractivity contribution in [1.29, 1.82) is 0 Å². The molecule has 0 aliphatic heterocycles. The summed E-state index contributed by atoms with van der Waals surface area (Å²) in [6.45, 7) is 7.37. The molecule has 0 amide bonds. The molecule has 0 aliphatic rings. The van der Waals surface area contributed by atoms with Gasteiger partial charge in [-0.15, -0.1) is 11.3 Å². The molecule has 0 bridgehead atoms. The molecule has 3 nitrogen and oxygen atoms in total. The lowest BCUT2D eigenvalue weighted by molar-refractivity contribution is 0.405. The molecular weight excluding hydrogens is 280 g/mol. The first-order valence-corrected chi connectivity index (χ1v) is 8.26. The van der Waals surface area contributed by atoms with Crippen LogP contribution in [0.3, 0.4) is 0 Å². The number of benzene rings is 1. The average molecular weight is 304 g/mol. The number of hydrogen-bond acceptors (Lipinski definition) is 4. The van der Waals surface area contributed by atoms with Crippen molar-refractivity contribution in [3.8, 4) is 5.75 Å². The topological polar surface area (TPSA) is 34.1 Å². The fourth-order valence-electron chi connectivity index (χ4n) is 2.54. The Kier molecular flexibility index (Phi) is 5.76. The van der Waals surface area contributed by atoms with E-state index < -0.39 is 0 Å². The summed E-state index contributed by atoms with van der Waals surface area (Å²) >= 11 is 1.79. The Balaban J connectivity index is 2.26. The molecule has 0 spiro atoms. The fraction of sp³-hybridized carbons (Fsp3) is 0.471. The lowest BCUT2D eigenvalue weighted by atomic mass is 10.0. The van der Waals surface area contributed by atoms with Gasteiger partial charge in [-0.25, -0.2) is 4.98 Å². The summed E-state index contributed by atoms with van der Waals surface area (Å²) in [4.78, 5) is 5.91. The predicted molar refractivity (Wildman–Crippen MR) is 89.3 cm³/mol. The van der Waals surface area contributed by atoms with E-state index in [1.165, 1.54) is 10.4 Å². The molecule has 1 heterocycles. The summed E-state index contributed by atoms with van der Waals surface area (Å²) in [6.07, 6.45) is 2.05. The predicted octanol–water partition coefficient (Wildman–Crippen LogP) is 4.05. The quantitative estimate of drug-likeness (QED) is 0.838. The van der Waals surface area contributed by atoms with Gasteiger partial charge in [0.05, 0.1) is 17.8 Å². The van der Waals surface area contributed by atoms with E-state index in [9.17, 15) is 0 Å². The van der Waals surface area contributed by atoms with Crippen LogP contribution in [0.15, 0.2) is 24.3 Å². The second kappa shape index (κ2) is 7.57. The number of para-hydroxylation sites is 1. The maximum absolute atomic E-state index is 5.48. The van der Waals surface area contributed by atoms with Gasteiger partial charge in [0.25, 0.3) is 0 Å². The number of ether oxygens (including phenoxy) is 1. The minimum Gasteiger partial charge on any atom is -0.496 e. The van der Waals surface area contributed by atoms with Gasteiger partial charge in [-0.2, -0.15) is 0 Å². The maximum atomic E-state index is 5.48. The molecule has 0 aliphatic carbocycles. The summed E-state index contributed by atoms with van der Waals surface area (Å²) in [5.74, 6) is 0.958. The molecule has 1 unspecified atom stereocenters. The molecular formula is C17H24N2OS. The minimum atomic E-state index is 0.299. The van der Waals surface area contributed by atoms with E-state index in [1.54, 1.807) is 18.4 Å². The van der Waals surface area contributed by atoms with Crippen molar-refractivity contribution in [3.05, 3.63) is 45.4 Å². The second-order valence-electron chi connectivity index (χ2n) is 5.21. The van der Waals surface area contributed by atoms with Gasteiger partial charge in [0.1, 0.15) is 5.75 Å². The fourth-order valence-corrected chi connectivity index (χ4v) is 3.54. The highest BCUT2D eigenvalue weighted by molar-refractivity contribution is 7.11. The largest absolute Gasteiger partial charge is 0.496 e. The number of nitrogens with one attached hydrogen (secondary N) is 1. The molecule has 1 atom stereocenters. The highest BCUT2D eigenvalue weighted by Gasteiger charge is 2.19. The highest BCUT2D eigenvalue weighted by Crippen LogP contribution is 2.30. The highest BCUT2D eigenvalue weighted by atomic mass is 32.1. The Bertz CT molecular complexity index is 580. The van der Waals surface area contributed by atoms with E-state index >= 15 is 0 Å². The van der Waals surface area contributed by atoms with Crippen LogP contribution in [0.25, 0.3) is 0 Å². The van der Waals surface area contributed by atoms with E-state index in [-0.39, 0.29) is 0 Å². The zero-order chi connectivity index (χ0) is 15.2. The molecule has 1 N–H and O–H groups in total. The van der Waals surface area contributed by atoms with Crippen molar-refractivity contribution in [1.82, 2.24) is 10.3 Å². The van der Waals surface area contributed by atoms with Crippen LogP contribution >= 0.6 is 11.3 Å². The van der Waals surface area contributed by atoms with Gasteiger partial charge in [0.15, 0.2) is 0 Å². The average Bonchev–Trinajstić information content (AvgIpc) is 2.82. The van der Waals surface area contributed by atoms with Crippen LogP contribution in [0.1, 0.15) is 40.5 Å². The Hall–Kier alpha value is -1.39. The zero-order valence-corrected chi connectivity index (χ0v) is 14.1. The van der Waals surface area contributed by atoms with Gasteiger partial charge in [0, 0.05) is 10.9 Å². The third-order valence-corrected chi connectivity index (χ3v) is 4.70. The van der Waals surface area contributed by atoms with Crippen LogP contribution in [-0.2, 0) is 6.42 Å². The van der Waals surface area contributed by atoms with E-state index in [0.717, 1.165) is 35.8 Å². The van der Waals surface area contributed by atoms with Gasteiger partial charge in [-0.1, -0.05) is 25.1 Å². The first kappa shape index (κ1) is 16.0. The molecule has 2 rings (SSSR count). The minimum absolute atomic E-state index is 0.299. The van der Waals surface area contributed by atoms with Crippen molar-refractivity contribution < 1.29 is 4.74 Å². The third-order valence-electron chi connectivity index (χ3n) is 3.51. The second-order valence-corrected chi connectivity index (χ2v) is 6.44. The Morgan fingerprint density at radius 3 is 2.67 bits per heavy atom. The first-order chi connectivity index (χ1) is 10.2. The van der Waals surface area contributed by atoms with Crippen molar-refractivity contribution in [2.45, 2.75) is 39.7 Å². The van der Waals surface area contributed by atoms with Crippen molar-refractivity contribution in [2.24, 2.45) is 0 Å². The van der Waals surface area contributed by atoms with Crippen LogP contribution in [-0.4, -0.2) is 18.6 Å². The van der Waals surface area contributed by atoms with E-state index in [2.05, 4.69) is 43.2 Å². The number of rotatable bonds is 7.